The highest BCUT2D eigenvalue weighted by molar-refractivity contribution is 6.30. The molecule has 2 fully saturated rings. The predicted molar refractivity (Wildman–Crippen MR) is 112 cm³/mol. The third kappa shape index (κ3) is 4.26. The van der Waals surface area contributed by atoms with E-state index in [4.69, 9.17) is 16.2 Å². The van der Waals surface area contributed by atoms with E-state index >= 15 is 0 Å². The lowest BCUT2D eigenvalue weighted by atomic mass is 9.90. The van der Waals surface area contributed by atoms with Gasteiger partial charge in [0.15, 0.2) is 0 Å². The zero-order valence-electron chi connectivity index (χ0n) is 17.2. The molecule has 1 aromatic heterocycles. The summed E-state index contributed by atoms with van der Waals surface area (Å²) in [4.78, 5) is 29.0. The van der Waals surface area contributed by atoms with E-state index in [9.17, 15) is 9.59 Å². The van der Waals surface area contributed by atoms with E-state index in [1.807, 2.05) is 30.0 Å². The zero-order valence-corrected chi connectivity index (χ0v) is 17.9. The van der Waals surface area contributed by atoms with Gasteiger partial charge in [-0.3, -0.25) is 9.59 Å². The van der Waals surface area contributed by atoms with Crippen LogP contribution in [-0.4, -0.2) is 52.1 Å². The molecule has 2 amide bonds. The molecule has 1 saturated heterocycles. The van der Waals surface area contributed by atoms with E-state index in [2.05, 4.69) is 10.3 Å². The fraction of sp³-hybridized carbons (Fsp3) is 0.455. The highest BCUT2D eigenvalue weighted by Gasteiger charge is 2.59. The van der Waals surface area contributed by atoms with Crippen molar-refractivity contribution in [1.29, 1.82) is 0 Å². The summed E-state index contributed by atoms with van der Waals surface area (Å²) in [5, 5.41) is 8.27. The number of aryl methyl sites for hydroxylation is 1. The van der Waals surface area contributed by atoms with Crippen molar-refractivity contribution in [2.75, 3.05) is 20.1 Å². The molecule has 8 heteroatoms. The highest BCUT2D eigenvalue weighted by atomic mass is 35.5. The fourth-order valence-electron chi connectivity index (χ4n) is 4.27. The lowest BCUT2D eigenvalue weighted by molar-refractivity contribution is -0.133. The number of benzene rings is 1. The maximum absolute atomic E-state index is 12.9. The Kier molecular flexibility index (Phi) is 5.64. The fourth-order valence-corrected chi connectivity index (χ4v) is 4.47. The number of piperidine rings is 1. The van der Waals surface area contributed by atoms with E-state index in [0.717, 1.165) is 24.8 Å². The summed E-state index contributed by atoms with van der Waals surface area (Å²) in [6, 6.07) is 7.40. The smallest absolute Gasteiger partial charge is 0.246 e. The second kappa shape index (κ2) is 8.22. The number of carbonyl (C=O) groups is 2. The Morgan fingerprint density at radius 3 is 2.77 bits per heavy atom. The Morgan fingerprint density at radius 1 is 1.33 bits per heavy atom. The molecule has 1 aliphatic carbocycles. The van der Waals surface area contributed by atoms with Gasteiger partial charge in [0.05, 0.1) is 6.54 Å². The van der Waals surface area contributed by atoms with Crippen LogP contribution in [0, 0.1) is 18.3 Å². The van der Waals surface area contributed by atoms with Gasteiger partial charge < -0.3 is 9.80 Å². The van der Waals surface area contributed by atoms with Crippen molar-refractivity contribution in [2.24, 2.45) is 11.3 Å². The molecule has 1 atom stereocenters. The van der Waals surface area contributed by atoms with Crippen molar-refractivity contribution in [3.05, 3.63) is 52.3 Å². The topological polar surface area (TPSA) is 79.5 Å². The minimum atomic E-state index is -0.000484. The monoisotopic (exact) mass is 428 g/mol. The molecule has 1 spiro atoms. The largest absolute Gasteiger partial charge is 0.339 e. The molecule has 0 N–H and O–H groups in total. The lowest BCUT2D eigenvalue weighted by Crippen LogP contribution is -2.40. The van der Waals surface area contributed by atoms with Crippen LogP contribution in [0.25, 0.3) is 6.08 Å². The first kappa shape index (κ1) is 20.6. The number of nitrogens with zero attached hydrogens (tertiary/aromatic N) is 4. The number of hydrogen-bond donors (Lipinski definition) is 0. The number of rotatable bonds is 5. The molecule has 0 radical (unpaired) electrons. The molecule has 1 saturated carbocycles. The number of aromatic nitrogens is 2. The summed E-state index contributed by atoms with van der Waals surface area (Å²) in [6.07, 6.45) is 6.00. The summed E-state index contributed by atoms with van der Waals surface area (Å²) < 4.78 is 4.71. The van der Waals surface area contributed by atoms with Gasteiger partial charge in [-0.2, -0.15) is 0 Å². The first-order valence-electron chi connectivity index (χ1n) is 10.1. The van der Waals surface area contributed by atoms with Crippen LogP contribution in [-0.2, 0) is 16.1 Å². The first-order chi connectivity index (χ1) is 14.4. The molecule has 30 heavy (non-hydrogen) atoms. The number of carbonyl (C=O) groups excluding carboxylic acids is 2. The molecule has 1 aromatic carbocycles. The molecule has 7 nitrogen and oxygen atoms in total. The van der Waals surface area contributed by atoms with Gasteiger partial charge in [-0.25, -0.2) is 4.63 Å². The maximum atomic E-state index is 12.9. The van der Waals surface area contributed by atoms with Gasteiger partial charge in [-0.15, -0.1) is 0 Å². The Labute approximate surface area is 180 Å². The van der Waals surface area contributed by atoms with Crippen molar-refractivity contribution >= 4 is 29.5 Å². The van der Waals surface area contributed by atoms with E-state index in [1.54, 1.807) is 30.2 Å². The minimum absolute atomic E-state index is 0.000484. The summed E-state index contributed by atoms with van der Waals surface area (Å²) >= 11 is 5.98. The molecule has 4 rings (SSSR count). The molecule has 2 aromatic rings. The average molecular weight is 429 g/mol. The summed E-state index contributed by atoms with van der Waals surface area (Å²) in [6.45, 7) is 3.58. The van der Waals surface area contributed by atoms with Gasteiger partial charge in [-0.1, -0.05) is 34.0 Å². The number of halogens is 1. The van der Waals surface area contributed by atoms with Gasteiger partial charge >= 0.3 is 0 Å². The van der Waals surface area contributed by atoms with E-state index in [0.29, 0.717) is 36.0 Å². The molecule has 2 heterocycles. The molecule has 158 valence electrons. The quantitative estimate of drug-likeness (QED) is 0.682. The Hall–Kier alpha value is -2.67. The molecule has 0 bridgehead atoms. The highest BCUT2D eigenvalue weighted by Crippen LogP contribution is 2.60. The minimum Gasteiger partial charge on any atom is -0.339 e. The van der Waals surface area contributed by atoms with Gasteiger partial charge in [0.25, 0.3) is 0 Å². The molecular formula is C22H25ClN4O3. The normalized spacial score (nSPS) is 20.0. The molecular weight excluding hydrogens is 404 g/mol. The van der Waals surface area contributed by atoms with Gasteiger partial charge in [0.2, 0.25) is 11.8 Å². The second-order valence-electron chi connectivity index (χ2n) is 8.32. The van der Waals surface area contributed by atoms with Crippen LogP contribution in [0.3, 0.4) is 0 Å². The maximum Gasteiger partial charge on any atom is 0.246 e. The Balaban J connectivity index is 1.29. The zero-order chi connectivity index (χ0) is 21.3. The predicted octanol–water partition coefficient (Wildman–Crippen LogP) is 3.33. The number of likely N-dealkylation sites (tertiary alicyclic amines) is 1. The second-order valence-corrected chi connectivity index (χ2v) is 8.76. The van der Waals surface area contributed by atoms with Crippen LogP contribution < -0.4 is 0 Å². The summed E-state index contributed by atoms with van der Waals surface area (Å²) in [7, 11) is 1.79. The SMILES string of the molecule is Cc1nonc1CN(C)C(=O)C1CC12CCN(C(=O)/C=C/c1cccc(Cl)c1)CC2. The number of amides is 2. The van der Waals surface area contributed by atoms with Crippen LogP contribution in [0.15, 0.2) is 35.0 Å². The Bertz CT molecular complexity index is 978. The lowest BCUT2D eigenvalue weighted by Gasteiger charge is -2.32. The third-order valence-electron chi connectivity index (χ3n) is 6.34. The van der Waals surface area contributed by atoms with E-state index < -0.39 is 0 Å². The Morgan fingerprint density at radius 2 is 2.10 bits per heavy atom. The summed E-state index contributed by atoms with van der Waals surface area (Å²) in [5.74, 6) is 0.166. The van der Waals surface area contributed by atoms with Gasteiger partial charge in [-0.05, 0) is 55.4 Å². The molecule has 1 aliphatic heterocycles. The van der Waals surface area contributed by atoms with Gasteiger partial charge in [0.1, 0.15) is 11.4 Å². The third-order valence-corrected chi connectivity index (χ3v) is 6.57. The molecule has 1 unspecified atom stereocenters. The van der Waals surface area contributed by atoms with Crippen molar-refractivity contribution in [1.82, 2.24) is 20.1 Å². The van der Waals surface area contributed by atoms with Crippen molar-refractivity contribution < 1.29 is 14.2 Å². The van der Waals surface area contributed by atoms with Crippen LogP contribution in [0.2, 0.25) is 5.02 Å². The first-order valence-corrected chi connectivity index (χ1v) is 10.5. The van der Waals surface area contributed by atoms with Crippen molar-refractivity contribution in [3.8, 4) is 0 Å². The van der Waals surface area contributed by atoms with Crippen molar-refractivity contribution in [3.63, 3.8) is 0 Å². The molecule has 2 aliphatic rings. The van der Waals surface area contributed by atoms with E-state index in [1.165, 1.54) is 0 Å². The number of hydrogen-bond acceptors (Lipinski definition) is 5. The van der Waals surface area contributed by atoms with E-state index in [-0.39, 0.29) is 23.1 Å². The van der Waals surface area contributed by atoms with Crippen molar-refractivity contribution in [2.45, 2.75) is 32.7 Å². The van der Waals surface area contributed by atoms with Gasteiger partial charge in [0, 0.05) is 37.2 Å². The standard InChI is InChI=1S/C22H25ClN4O3/c1-15-19(25-30-24-15)14-26(2)21(29)18-13-22(18)8-10-27(11-9-22)20(28)7-6-16-4-3-5-17(23)12-16/h3-7,12,18H,8-11,13-14H2,1-2H3/b7-6+. The summed E-state index contributed by atoms with van der Waals surface area (Å²) in [5.41, 5.74) is 2.33. The van der Waals surface area contributed by atoms with Crippen LogP contribution in [0.4, 0.5) is 0 Å². The van der Waals surface area contributed by atoms with Crippen LogP contribution >= 0.6 is 11.6 Å². The average Bonchev–Trinajstić information content (AvgIpc) is 3.28. The van der Waals surface area contributed by atoms with Crippen LogP contribution in [0.1, 0.15) is 36.2 Å². The van der Waals surface area contributed by atoms with Crippen LogP contribution in [0.5, 0.6) is 0 Å².